The van der Waals surface area contributed by atoms with Crippen molar-refractivity contribution in [1.29, 1.82) is 0 Å². The van der Waals surface area contributed by atoms with E-state index < -0.39 is 0 Å². The molecule has 106 valence electrons. The fourth-order valence-electron chi connectivity index (χ4n) is 2.90. The molecular weight excluding hydrogens is 263 g/mol. The zero-order valence-corrected chi connectivity index (χ0v) is 12.2. The molecule has 1 aromatic rings. The lowest BCUT2D eigenvalue weighted by molar-refractivity contribution is 0.107. The van der Waals surface area contributed by atoms with E-state index in [0.29, 0.717) is 19.1 Å². The number of hydrogen-bond acceptors (Lipinski definition) is 2. The number of hydrogen-bond donors (Lipinski definition) is 1. The SMILES string of the molecule is CCC1CCN(Cc2cccc(F)c2Cl)C(CN)C1. The van der Waals surface area contributed by atoms with Crippen molar-refractivity contribution in [3.8, 4) is 0 Å². The van der Waals surface area contributed by atoms with Gasteiger partial charge in [0.2, 0.25) is 0 Å². The summed E-state index contributed by atoms with van der Waals surface area (Å²) in [7, 11) is 0. The van der Waals surface area contributed by atoms with Crippen molar-refractivity contribution in [3.05, 3.63) is 34.6 Å². The van der Waals surface area contributed by atoms with Crippen molar-refractivity contribution in [3.63, 3.8) is 0 Å². The molecule has 1 aromatic carbocycles. The van der Waals surface area contributed by atoms with Crippen LogP contribution in [0.15, 0.2) is 18.2 Å². The molecule has 4 heteroatoms. The highest BCUT2D eigenvalue weighted by Gasteiger charge is 2.27. The first kappa shape index (κ1) is 14.8. The summed E-state index contributed by atoms with van der Waals surface area (Å²) in [6.45, 7) is 4.60. The highest BCUT2D eigenvalue weighted by atomic mass is 35.5. The van der Waals surface area contributed by atoms with Gasteiger partial charge in [0.05, 0.1) is 5.02 Å². The predicted molar refractivity (Wildman–Crippen MR) is 77.7 cm³/mol. The molecule has 0 aliphatic carbocycles. The van der Waals surface area contributed by atoms with Crippen molar-refractivity contribution < 1.29 is 4.39 Å². The number of nitrogens with two attached hydrogens (primary N) is 1. The third kappa shape index (κ3) is 3.47. The van der Waals surface area contributed by atoms with E-state index in [4.69, 9.17) is 17.3 Å². The monoisotopic (exact) mass is 284 g/mol. The Hall–Kier alpha value is -0.640. The van der Waals surface area contributed by atoms with Crippen molar-refractivity contribution in [1.82, 2.24) is 4.90 Å². The van der Waals surface area contributed by atoms with Crippen LogP contribution in [0.1, 0.15) is 31.7 Å². The zero-order chi connectivity index (χ0) is 13.8. The van der Waals surface area contributed by atoms with Gasteiger partial charge >= 0.3 is 0 Å². The first-order chi connectivity index (χ1) is 9.15. The van der Waals surface area contributed by atoms with Crippen LogP contribution in [0.25, 0.3) is 0 Å². The Kier molecular flexibility index (Phi) is 5.20. The molecule has 0 saturated carbocycles. The van der Waals surface area contributed by atoms with Crippen LogP contribution in [0.5, 0.6) is 0 Å². The molecule has 0 bridgehead atoms. The molecule has 1 heterocycles. The molecule has 2 rings (SSSR count). The minimum atomic E-state index is -0.341. The summed E-state index contributed by atoms with van der Waals surface area (Å²) >= 11 is 6.03. The van der Waals surface area contributed by atoms with Gasteiger partial charge in [0.1, 0.15) is 5.82 Å². The Morgan fingerprint density at radius 2 is 2.26 bits per heavy atom. The number of nitrogens with zero attached hydrogens (tertiary/aromatic N) is 1. The number of piperidine rings is 1. The van der Waals surface area contributed by atoms with Crippen LogP contribution in [0.2, 0.25) is 5.02 Å². The van der Waals surface area contributed by atoms with Crippen LogP contribution in [0.4, 0.5) is 4.39 Å². The molecule has 1 aliphatic rings. The molecule has 1 aliphatic heterocycles. The van der Waals surface area contributed by atoms with Gasteiger partial charge in [0.15, 0.2) is 0 Å². The standard InChI is InChI=1S/C15H22ClFN2/c1-2-11-6-7-19(13(8-11)9-18)10-12-4-3-5-14(17)15(12)16/h3-5,11,13H,2,6-10,18H2,1H3. The third-order valence-electron chi connectivity index (χ3n) is 4.20. The van der Waals surface area contributed by atoms with Gasteiger partial charge in [-0.1, -0.05) is 37.1 Å². The molecule has 0 amide bonds. The topological polar surface area (TPSA) is 29.3 Å². The van der Waals surface area contributed by atoms with Gasteiger partial charge in [-0.3, -0.25) is 4.90 Å². The van der Waals surface area contributed by atoms with E-state index in [1.807, 2.05) is 6.07 Å². The highest BCUT2D eigenvalue weighted by Crippen LogP contribution is 2.28. The summed E-state index contributed by atoms with van der Waals surface area (Å²) in [5.74, 6) is 0.430. The molecular formula is C15H22ClFN2. The van der Waals surface area contributed by atoms with Crippen molar-refractivity contribution in [2.24, 2.45) is 11.7 Å². The molecule has 0 aromatic heterocycles. The average molecular weight is 285 g/mol. The molecule has 2 nitrogen and oxygen atoms in total. The van der Waals surface area contributed by atoms with E-state index in [-0.39, 0.29) is 10.8 Å². The minimum Gasteiger partial charge on any atom is -0.329 e. The molecule has 2 N–H and O–H groups in total. The second-order valence-electron chi connectivity index (χ2n) is 5.37. The Bertz CT molecular complexity index is 425. The van der Waals surface area contributed by atoms with Crippen molar-refractivity contribution >= 4 is 11.6 Å². The van der Waals surface area contributed by atoms with Gasteiger partial charge in [-0.15, -0.1) is 0 Å². The molecule has 0 radical (unpaired) electrons. The summed E-state index contributed by atoms with van der Waals surface area (Å²) in [5.41, 5.74) is 6.74. The number of likely N-dealkylation sites (tertiary alicyclic amines) is 1. The Balaban J connectivity index is 2.07. The van der Waals surface area contributed by atoms with Crippen LogP contribution in [0.3, 0.4) is 0 Å². The molecule has 0 spiro atoms. The van der Waals surface area contributed by atoms with Crippen LogP contribution < -0.4 is 5.73 Å². The van der Waals surface area contributed by atoms with Crippen LogP contribution in [0, 0.1) is 11.7 Å². The fraction of sp³-hybridized carbons (Fsp3) is 0.600. The Morgan fingerprint density at radius 1 is 1.47 bits per heavy atom. The lowest BCUT2D eigenvalue weighted by Crippen LogP contribution is -2.46. The summed E-state index contributed by atoms with van der Waals surface area (Å²) < 4.78 is 13.5. The van der Waals surface area contributed by atoms with E-state index in [0.717, 1.165) is 24.4 Å². The summed E-state index contributed by atoms with van der Waals surface area (Å²) in [6.07, 6.45) is 3.55. The summed E-state index contributed by atoms with van der Waals surface area (Å²) in [5, 5.41) is 0.246. The number of benzene rings is 1. The van der Waals surface area contributed by atoms with E-state index >= 15 is 0 Å². The first-order valence-corrected chi connectivity index (χ1v) is 7.40. The number of rotatable bonds is 4. The Labute approximate surface area is 119 Å². The fourth-order valence-corrected chi connectivity index (χ4v) is 3.08. The normalized spacial score (nSPS) is 24.6. The van der Waals surface area contributed by atoms with E-state index in [9.17, 15) is 4.39 Å². The largest absolute Gasteiger partial charge is 0.329 e. The van der Waals surface area contributed by atoms with E-state index in [2.05, 4.69) is 11.8 Å². The lowest BCUT2D eigenvalue weighted by atomic mass is 9.88. The van der Waals surface area contributed by atoms with Crippen LogP contribution >= 0.6 is 11.6 Å². The summed E-state index contributed by atoms with van der Waals surface area (Å²) in [4.78, 5) is 2.34. The molecule has 19 heavy (non-hydrogen) atoms. The van der Waals surface area contributed by atoms with Gasteiger partial charge in [-0.25, -0.2) is 4.39 Å². The van der Waals surface area contributed by atoms with Crippen molar-refractivity contribution in [2.45, 2.75) is 38.8 Å². The third-order valence-corrected chi connectivity index (χ3v) is 4.62. The van der Waals surface area contributed by atoms with Gasteiger partial charge in [-0.2, -0.15) is 0 Å². The predicted octanol–water partition coefficient (Wildman–Crippen LogP) is 3.43. The second kappa shape index (κ2) is 6.69. The van der Waals surface area contributed by atoms with Gasteiger partial charge < -0.3 is 5.73 Å². The molecule has 2 unspecified atom stereocenters. The maximum atomic E-state index is 13.5. The van der Waals surface area contributed by atoms with Crippen molar-refractivity contribution in [2.75, 3.05) is 13.1 Å². The maximum absolute atomic E-state index is 13.5. The highest BCUT2D eigenvalue weighted by molar-refractivity contribution is 6.31. The quantitative estimate of drug-likeness (QED) is 0.918. The maximum Gasteiger partial charge on any atom is 0.142 e. The van der Waals surface area contributed by atoms with Gasteiger partial charge in [0, 0.05) is 19.1 Å². The second-order valence-corrected chi connectivity index (χ2v) is 5.75. The molecule has 2 atom stereocenters. The smallest absolute Gasteiger partial charge is 0.142 e. The minimum absolute atomic E-state index is 0.246. The van der Waals surface area contributed by atoms with Crippen LogP contribution in [-0.4, -0.2) is 24.0 Å². The summed E-state index contributed by atoms with van der Waals surface area (Å²) in [6, 6.07) is 5.39. The molecule has 1 fully saturated rings. The van der Waals surface area contributed by atoms with Crippen LogP contribution in [-0.2, 0) is 6.54 Å². The Morgan fingerprint density at radius 3 is 2.95 bits per heavy atom. The van der Waals surface area contributed by atoms with Gasteiger partial charge in [-0.05, 0) is 36.9 Å². The molecule has 1 saturated heterocycles. The number of halogens is 2. The van der Waals surface area contributed by atoms with E-state index in [1.54, 1.807) is 6.07 Å². The average Bonchev–Trinajstić information content (AvgIpc) is 2.44. The first-order valence-electron chi connectivity index (χ1n) is 7.02. The zero-order valence-electron chi connectivity index (χ0n) is 11.4. The van der Waals surface area contributed by atoms with Gasteiger partial charge in [0.25, 0.3) is 0 Å². The lowest BCUT2D eigenvalue weighted by Gasteiger charge is -2.39. The van der Waals surface area contributed by atoms with E-state index in [1.165, 1.54) is 18.9 Å².